The molecule has 0 saturated carbocycles. The molecule has 0 aliphatic carbocycles. The Bertz CT molecular complexity index is 284. The fourth-order valence-corrected chi connectivity index (χ4v) is 0.802. The number of nitrogens with one attached hydrogen (secondary N) is 1. The molecule has 7 nitrogen and oxygen atoms in total. The second-order valence-corrected chi connectivity index (χ2v) is 2.20. The lowest BCUT2D eigenvalue weighted by Gasteiger charge is -2.03. The quantitative estimate of drug-likeness (QED) is 0.502. The van der Waals surface area contributed by atoms with Crippen molar-refractivity contribution in [1.82, 2.24) is 10.2 Å². The number of hydrogen-bond acceptors (Lipinski definition) is 5. The summed E-state index contributed by atoms with van der Waals surface area (Å²) in [7, 11) is 0. The van der Waals surface area contributed by atoms with Gasteiger partial charge in [-0.3, -0.25) is 20.1 Å². The van der Waals surface area contributed by atoms with E-state index in [2.05, 4.69) is 15.0 Å². The van der Waals surface area contributed by atoms with E-state index in [0.29, 0.717) is 0 Å². The third-order valence-corrected chi connectivity index (χ3v) is 1.46. The van der Waals surface area contributed by atoms with Crippen molar-refractivity contribution >= 4 is 5.69 Å². The van der Waals surface area contributed by atoms with E-state index in [9.17, 15) is 10.1 Å². The van der Waals surface area contributed by atoms with Gasteiger partial charge in [0.15, 0.2) is 0 Å². The number of hydrogen-bond donors (Lipinski definition) is 2. The Kier molecular flexibility index (Phi) is 2.36. The molecule has 12 heavy (non-hydrogen) atoms. The van der Waals surface area contributed by atoms with Crippen LogP contribution in [0.25, 0.3) is 0 Å². The van der Waals surface area contributed by atoms with Crippen LogP contribution < -0.4 is 5.90 Å². The van der Waals surface area contributed by atoms with Crippen LogP contribution in [0.1, 0.15) is 18.7 Å². The second-order valence-electron chi connectivity index (χ2n) is 2.20. The first-order valence-corrected chi connectivity index (χ1v) is 3.20. The first-order chi connectivity index (χ1) is 5.66. The van der Waals surface area contributed by atoms with Gasteiger partial charge in [0.25, 0.3) is 0 Å². The number of aromatic amines is 1. The average Bonchev–Trinajstić information content (AvgIpc) is 2.50. The molecule has 1 atom stereocenters. The van der Waals surface area contributed by atoms with Crippen LogP contribution in [0.5, 0.6) is 0 Å². The fourth-order valence-electron chi connectivity index (χ4n) is 0.802. The summed E-state index contributed by atoms with van der Waals surface area (Å²) in [6, 6.07) is 0. The molecule has 1 aromatic rings. The highest BCUT2D eigenvalue weighted by Gasteiger charge is 2.21. The number of H-pyrrole nitrogens is 1. The highest BCUT2D eigenvalue weighted by atomic mass is 16.6. The zero-order valence-electron chi connectivity index (χ0n) is 6.35. The second kappa shape index (κ2) is 3.28. The molecule has 0 fully saturated rings. The van der Waals surface area contributed by atoms with Gasteiger partial charge in [-0.05, 0) is 6.92 Å². The molecular formula is C5H8N4O3. The minimum atomic E-state index is -0.562. The molecule has 0 spiro atoms. The van der Waals surface area contributed by atoms with Crippen LogP contribution in [0.4, 0.5) is 5.69 Å². The van der Waals surface area contributed by atoms with Gasteiger partial charge in [0, 0.05) is 0 Å². The highest BCUT2D eigenvalue weighted by molar-refractivity contribution is 5.33. The summed E-state index contributed by atoms with van der Waals surface area (Å²) in [5.74, 6) is 4.86. The Morgan fingerprint density at radius 3 is 3.08 bits per heavy atom. The summed E-state index contributed by atoms with van der Waals surface area (Å²) < 4.78 is 0. The summed E-state index contributed by atoms with van der Waals surface area (Å²) in [6.07, 6.45) is 0.554. The van der Waals surface area contributed by atoms with E-state index >= 15 is 0 Å². The van der Waals surface area contributed by atoms with E-state index in [1.807, 2.05) is 0 Å². The fraction of sp³-hybridized carbons (Fsp3) is 0.400. The molecule has 0 radical (unpaired) electrons. The summed E-state index contributed by atoms with van der Waals surface area (Å²) >= 11 is 0. The van der Waals surface area contributed by atoms with Crippen LogP contribution in [-0.4, -0.2) is 15.1 Å². The smallest absolute Gasteiger partial charge is 0.295 e. The molecule has 0 bridgehead atoms. The van der Waals surface area contributed by atoms with E-state index in [-0.39, 0.29) is 11.4 Å². The van der Waals surface area contributed by atoms with Crippen molar-refractivity contribution in [2.45, 2.75) is 13.0 Å². The van der Waals surface area contributed by atoms with Crippen molar-refractivity contribution in [3.05, 3.63) is 22.0 Å². The van der Waals surface area contributed by atoms with Crippen molar-refractivity contribution in [3.8, 4) is 0 Å². The third-order valence-electron chi connectivity index (χ3n) is 1.46. The molecule has 1 unspecified atom stereocenters. The Labute approximate surface area is 67.6 Å². The van der Waals surface area contributed by atoms with Crippen LogP contribution in [0.3, 0.4) is 0 Å². The van der Waals surface area contributed by atoms with Gasteiger partial charge in [0.1, 0.15) is 18.0 Å². The molecule has 7 heteroatoms. The maximum atomic E-state index is 10.4. The van der Waals surface area contributed by atoms with Crippen molar-refractivity contribution in [2.24, 2.45) is 5.90 Å². The van der Waals surface area contributed by atoms with Crippen LogP contribution in [0.15, 0.2) is 6.20 Å². The van der Waals surface area contributed by atoms with E-state index in [1.54, 1.807) is 6.92 Å². The first kappa shape index (κ1) is 8.62. The van der Waals surface area contributed by atoms with E-state index in [1.165, 1.54) is 0 Å². The first-order valence-electron chi connectivity index (χ1n) is 3.20. The lowest BCUT2D eigenvalue weighted by molar-refractivity contribution is -0.386. The predicted octanol–water partition coefficient (Wildman–Crippen LogP) is 0.269. The van der Waals surface area contributed by atoms with Crippen molar-refractivity contribution < 1.29 is 9.76 Å². The maximum Gasteiger partial charge on any atom is 0.312 e. The minimum Gasteiger partial charge on any atom is -0.295 e. The van der Waals surface area contributed by atoms with Crippen molar-refractivity contribution in [1.29, 1.82) is 0 Å². The topological polar surface area (TPSA) is 107 Å². The Morgan fingerprint density at radius 2 is 2.58 bits per heavy atom. The molecule has 0 aliphatic heterocycles. The van der Waals surface area contributed by atoms with Gasteiger partial charge < -0.3 is 0 Å². The normalized spacial score (nSPS) is 12.8. The van der Waals surface area contributed by atoms with Gasteiger partial charge in [0.05, 0.1) is 4.92 Å². The number of nitrogens with two attached hydrogens (primary N) is 1. The van der Waals surface area contributed by atoms with Crippen LogP contribution in [0.2, 0.25) is 0 Å². The van der Waals surface area contributed by atoms with E-state index in [4.69, 9.17) is 5.90 Å². The van der Waals surface area contributed by atoms with Gasteiger partial charge in [-0.25, -0.2) is 5.90 Å². The number of aromatic nitrogens is 2. The lowest BCUT2D eigenvalue weighted by atomic mass is 10.2. The Morgan fingerprint density at radius 1 is 1.92 bits per heavy atom. The molecule has 3 N–H and O–H groups in total. The zero-order valence-corrected chi connectivity index (χ0v) is 6.35. The standard InChI is InChI=1S/C5H8N4O3/c1-3(12-6)5-4(9(10)11)2-7-8-5/h2-3H,6H2,1H3,(H,7,8). The zero-order chi connectivity index (χ0) is 9.14. The molecule has 0 amide bonds. The molecule has 0 aliphatic rings. The van der Waals surface area contributed by atoms with E-state index in [0.717, 1.165) is 6.20 Å². The Balaban J connectivity index is 2.98. The van der Waals surface area contributed by atoms with Crippen molar-refractivity contribution in [2.75, 3.05) is 0 Å². The SMILES string of the molecule is CC(ON)c1[nH]ncc1[N+](=O)[O-]. The molecule has 1 heterocycles. The number of rotatable bonds is 3. The van der Waals surface area contributed by atoms with Crippen molar-refractivity contribution in [3.63, 3.8) is 0 Å². The molecule has 66 valence electrons. The van der Waals surface area contributed by atoms with Gasteiger partial charge >= 0.3 is 5.69 Å². The van der Waals surface area contributed by atoms with Gasteiger partial charge in [-0.1, -0.05) is 0 Å². The van der Waals surface area contributed by atoms with Gasteiger partial charge in [-0.15, -0.1) is 0 Å². The molecule has 1 aromatic heterocycles. The Hall–Kier alpha value is -1.47. The monoisotopic (exact) mass is 172 g/mol. The minimum absolute atomic E-state index is 0.118. The van der Waals surface area contributed by atoms with Gasteiger partial charge in [-0.2, -0.15) is 5.10 Å². The summed E-state index contributed by atoms with van der Waals surface area (Å²) in [6.45, 7) is 1.58. The third kappa shape index (κ3) is 1.41. The molecular weight excluding hydrogens is 164 g/mol. The van der Waals surface area contributed by atoms with E-state index < -0.39 is 11.0 Å². The average molecular weight is 172 g/mol. The summed E-state index contributed by atoms with van der Waals surface area (Å²) in [4.78, 5) is 14.2. The van der Waals surface area contributed by atoms with Crippen LogP contribution in [0, 0.1) is 10.1 Å². The van der Waals surface area contributed by atoms with Crippen LogP contribution in [-0.2, 0) is 4.84 Å². The van der Waals surface area contributed by atoms with Gasteiger partial charge in [0.2, 0.25) is 0 Å². The molecule has 0 saturated heterocycles. The predicted molar refractivity (Wildman–Crippen MR) is 38.9 cm³/mol. The summed E-state index contributed by atoms with van der Waals surface area (Å²) in [5, 5.41) is 16.3. The largest absolute Gasteiger partial charge is 0.312 e. The molecule has 0 aromatic carbocycles. The number of nitro groups is 1. The lowest BCUT2D eigenvalue weighted by Crippen LogP contribution is -2.07. The highest BCUT2D eigenvalue weighted by Crippen LogP contribution is 2.22. The van der Waals surface area contributed by atoms with Crippen LogP contribution >= 0.6 is 0 Å². The summed E-state index contributed by atoms with van der Waals surface area (Å²) in [5.41, 5.74) is 0.149. The number of nitrogens with zero attached hydrogens (tertiary/aromatic N) is 2. The molecule has 1 rings (SSSR count). The maximum absolute atomic E-state index is 10.4.